The molecule has 0 aromatic heterocycles. The molecule has 2 aromatic rings. The van der Waals surface area contributed by atoms with Gasteiger partial charge in [0.2, 0.25) is 0 Å². The molecular formula is C26H34N4O2S2. The number of nitrogens with zero attached hydrogens (tertiary/aromatic N) is 4. The standard InChI is InChI=1S/C26H34N4O2S2/c1-27-13-7-15-29(19-17-27)25(31)21-9-3-5-11-23(21)33-34-24-12-6-4-10-22(24)26(32)30-16-8-14-28(2)18-20-30/h3-6,9-12H,7-8,13-20H2,1-2H3. The summed E-state index contributed by atoms with van der Waals surface area (Å²) in [6, 6.07) is 15.7. The number of benzene rings is 2. The van der Waals surface area contributed by atoms with Crippen LogP contribution in [0, 0.1) is 0 Å². The van der Waals surface area contributed by atoms with Crippen LogP contribution >= 0.6 is 21.6 Å². The van der Waals surface area contributed by atoms with E-state index in [1.165, 1.54) is 0 Å². The average molecular weight is 499 g/mol. The highest BCUT2D eigenvalue weighted by Gasteiger charge is 2.23. The fourth-order valence-electron chi connectivity index (χ4n) is 4.36. The van der Waals surface area contributed by atoms with E-state index in [0.29, 0.717) is 0 Å². The predicted octanol–water partition coefficient (Wildman–Crippen LogP) is 4.04. The maximum absolute atomic E-state index is 13.4. The number of carbonyl (C=O) groups is 2. The van der Waals surface area contributed by atoms with Gasteiger partial charge in [-0.3, -0.25) is 9.59 Å². The number of amides is 2. The lowest BCUT2D eigenvalue weighted by atomic mass is 10.2. The molecule has 2 heterocycles. The van der Waals surface area contributed by atoms with E-state index in [1.807, 2.05) is 58.3 Å². The highest BCUT2D eigenvalue weighted by molar-refractivity contribution is 8.76. The van der Waals surface area contributed by atoms with Crippen molar-refractivity contribution in [2.45, 2.75) is 22.6 Å². The van der Waals surface area contributed by atoms with E-state index >= 15 is 0 Å². The first kappa shape index (κ1) is 25.1. The lowest BCUT2D eigenvalue weighted by molar-refractivity contribution is 0.0751. The minimum Gasteiger partial charge on any atom is -0.337 e. The normalized spacial score (nSPS) is 18.4. The van der Waals surface area contributed by atoms with Crippen LogP contribution in [0.5, 0.6) is 0 Å². The van der Waals surface area contributed by atoms with Crippen LogP contribution in [0.2, 0.25) is 0 Å². The SMILES string of the molecule is CN1CCCN(C(=O)c2ccccc2SSc2ccccc2C(=O)N2CCCN(C)CC2)CC1. The van der Waals surface area contributed by atoms with Gasteiger partial charge in [-0.1, -0.05) is 45.9 Å². The molecule has 0 saturated carbocycles. The summed E-state index contributed by atoms with van der Waals surface area (Å²) in [5, 5.41) is 0. The summed E-state index contributed by atoms with van der Waals surface area (Å²) in [4.78, 5) is 37.1. The zero-order valence-electron chi connectivity index (χ0n) is 20.1. The van der Waals surface area contributed by atoms with Crippen molar-refractivity contribution in [1.29, 1.82) is 0 Å². The Hall–Kier alpha value is -2.00. The van der Waals surface area contributed by atoms with Gasteiger partial charge in [0.15, 0.2) is 0 Å². The third-order valence-electron chi connectivity index (χ3n) is 6.47. The van der Waals surface area contributed by atoms with Gasteiger partial charge in [-0.25, -0.2) is 0 Å². The molecule has 0 spiro atoms. The van der Waals surface area contributed by atoms with Gasteiger partial charge >= 0.3 is 0 Å². The van der Waals surface area contributed by atoms with Crippen LogP contribution in [-0.4, -0.2) is 97.9 Å². The van der Waals surface area contributed by atoms with Gasteiger partial charge in [0.05, 0.1) is 11.1 Å². The summed E-state index contributed by atoms with van der Waals surface area (Å²) in [6.07, 6.45) is 1.99. The molecule has 0 N–H and O–H groups in total. The van der Waals surface area contributed by atoms with E-state index in [9.17, 15) is 9.59 Å². The number of hydrogen-bond donors (Lipinski definition) is 0. The van der Waals surface area contributed by atoms with Gasteiger partial charge in [0.1, 0.15) is 0 Å². The summed E-state index contributed by atoms with van der Waals surface area (Å²) in [5.74, 6) is 0.189. The Bertz CT molecular complexity index is 923. The monoisotopic (exact) mass is 498 g/mol. The number of rotatable bonds is 5. The molecule has 8 heteroatoms. The van der Waals surface area contributed by atoms with Gasteiger partial charge in [0.25, 0.3) is 11.8 Å². The number of likely N-dealkylation sites (N-methyl/N-ethyl adjacent to an activating group) is 2. The second kappa shape index (κ2) is 12.1. The van der Waals surface area contributed by atoms with E-state index < -0.39 is 0 Å². The van der Waals surface area contributed by atoms with Crippen LogP contribution < -0.4 is 0 Å². The van der Waals surface area contributed by atoms with Crippen molar-refractivity contribution in [3.05, 3.63) is 59.7 Å². The fraction of sp³-hybridized carbons (Fsp3) is 0.462. The molecular weight excluding hydrogens is 464 g/mol. The summed E-state index contributed by atoms with van der Waals surface area (Å²) < 4.78 is 0. The molecule has 2 aliphatic rings. The second-order valence-corrected chi connectivity index (χ2v) is 11.3. The largest absolute Gasteiger partial charge is 0.337 e. The number of carbonyl (C=O) groups excluding carboxylic acids is 2. The molecule has 0 aliphatic carbocycles. The van der Waals surface area contributed by atoms with Crippen molar-refractivity contribution in [3.8, 4) is 0 Å². The fourth-order valence-corrected chi connectivity index (χ4v) is 6.71. The molecule has 0 unspecified atom stereocenters. The van der Waals surface area contributed by atoms with Crippen LogP contribution in [-0.2, 0) is 0 Å². The van der Waals surface area contributed by atoms with Crippen molar-refractivity contribution in [3.63, 3.8) is 0 Å². The highest BCUT2D eigenvalue weighted by atomic mass is 33.1. The molecule has 0 radical (unpaired) electrons. The molecule has 4 rings (SSSR count). The molecule has 34 heavy (non-hydrogen) atoms. The second-order valence-electron chi connectivity index (χ2n) is 9.06. The van der Waals surface area contributed by atoms with Crippen LogP contribution in [0.1, 0.15) is 33.6 Å². The van der Waals surface area contributed by atoms with Gasteiger partial charge < -0.3 is 19.6 Å². The van der Waals surface area contributed by atoms with Crippen molar-refractivity contribution in [2.75, 3.05) is 66.5 Å². The summed E-state index contributed by atoms with van der Waals surface area (Å²) >= 11 is 0. The lowest BCUT2D eigenvalue weighted by Crippen LogP contribution is -2.34. The van der Waals surface area contributed by atoms with E-state index in [2.05, 4.69) is 23.9 Å². The van der Waals surface area contributed by atoms with Crippen LogP contribution in [0.15, 0.2) is 58.3 Å². The Balaban J connectivity index is 1.47. The molecule has 2 amide bonds. The highest BCUT2D eigenvalue weighted by Crippen LogP contribution is 2.41. The molecule has 2 saturated heterocycles. The number of hydrogen-bond acceptors (Lipinski definition) is 6. The predicted molar refractivity (Wildman–Crippen MR) is 141 cm³/mol. The van der Waals surface area contributed by atoms with Crippen LogP contribution in [0.3, 0.4) is 0 Å². The molecule has 2 aliphatic heterocycles. The molecule has 182 valence electrons. The quantitative estimate of drug-likeness (QED) is 0.580. The van der Waals surface area contributed by atoms with Crippen molar-refractivity contribution >= 4 is 33.4 Å². The summed E-state index contributed by atoms with van der Waals surface area (Å²) in [6.45, 7) is 6.93. The zero-order valence-corrected chi connectivity index (χ0v) is 21.7. The first-order valence-electron chi connectivity index (χ1n) is 12.0. The third-order valence-corrected chi connectivity index (χ3v) is 8.95. The van der Waals surface area contributed by atoms with Crippen LogP contribution in [0.4, 0.5) is 0 Å². The van der Waals surface area contributed by atoms with Gasteiger partial charge in [-0.2, -0.15) is 0 Å². The Labute approximate surface area is 211 Å². The van der Waals surface area contributed by atoms with Crippen molar-refractivity contribution in [1.82, 2.24) is 19.6 Å². The van der Waals surface area contributed by atoms with Crippen LogP contribution in [0.25, 0.3) is 0 Å². The van der Waals surface area contributed by atoms with E-state index in [0.717, 1.165) is 86.1 Å². The molecule has 2 fully saturated rings. The average Bonchev–Trinajstić information content (AvgIpc) is 3.22. The lowest BCUT2D eigenvalue weighted by Gasteiger charge is -2.22. The summed E-state index contributed by atoms with van der Waals surface area (Å²) in [5.41, 5.74) is 1.48. The minimum absolute atomic E-state index is 0.0945. The Kier molecular flexibility index (Phi) is 8.94. The molecule has 6 nitrogen and oxygen atoms in total. The first-order valence-corrected chi connectivity index (χ1v) is 14.2. The Morgan fingerprint density at radius 3 is 1.44 bits per heavy atom. The Morgan fingerprint density at radius 1 is 0.588 bits per heavy atom. The topological polar surface area (TPSA) is 47.1 Å². The third kappa shape index (κ3) is 6.36. The molecule has 0 bridgehead atoms. The van der Waals surface area contributed by atoms with Crippen molar-refractivity contribution < 1.29 is 9.59 Å². The van der Waals surface area contributed by atoms with Gasteiger partial charge in [-0.05, 0) is 64.3 Å². The van der Waals surface area contributed by atoms with E-state index in [1.54, 1.807) is 21.6 Å². The maximum atomic E-state index is 13.4. The van der Waals surface area contributed by atoms with Gasteiger partial charge in [0, 0.05) is 49.1 Å². The zero-order chi connectivity index (χ0) is 23.9. The van der Waals surface area contributed by atoms with Crippen molar-refractivity contribution in [2.24, 2.45) is 0 Å². The van der Waals surface area contributed by atoms with Gasteiger partial charge in [-0.15, -0.1) is 0 Å². The smallest absolute Gasteiger partial charge is 0.255 e. The van der Waals surface area contributed by atoms with E-state index in [-0.39, 0.29) is 11.8 Å². The first-order chi connectivity index (χ1) is 16.5. The summed E-state index contributed by atoms with van der Waals surface area (Å²) in [7, 11) is 7.34. The molecule has 2 aromatic carbocycles. The maximum Gasteiger partial charge on any atom is 0.255 e. The molecule has 0 atom stereocenters. The Morgan fingerprint density at radius 2 is 1.00 bits per heavy atom. The minimum atomic E-state index is 0.0945. The van der Waals surface area contributed by atoms with E-state index in [4.69, 9.17) is 0 Å².